The van der Waals surface area contributed by atoms with Gasteiger partial charge < -0.3 is 19.9 Å². The number of hydrogen-bond acceptors (Lipinski definition) is 5. The molecule has 1 heterocycles. The number of carbonyl (C=O) groups excluding carboxylic acids is 1. The van der Waals surface area contributed by atoms with Crippen molar-refractivity contribution < 1.29 is 24.2 Å². The summed E-state index contributed by atoms with van der Waals surface area (Å²) in [6.07, 6.45) is 0.157. The number of carbonyl (C=O) groups is 2. The van der Waals surface area contributed by atoms with Gasteiger partial charge in [0.2, 0.25) is 0 Å². The average Bonchev–Trinajstić information content (AvgIpc) is 2.63. The minimum atomic E-state index is -0.891. The minimum absolute atomic E-state index is 0.119. The molecular formula is C9H15NO5. The van der Waals surface area contributed by atoms with Crippen LogP contribution in [0.1, 0.15) is 13.3 Å². The van der Waals surface area contributed by atoms with Crippen LogP contribution in [0.2, 0.25) is 0 Å². The smallest absolute Gasteiger partial charge is 0.332 e. The second-order valence-corrected chi connectivity index (χ2v) is 3.27. The first-order chi connectivity index (χ1) is 7.13. The Balaban J connectivity index is 2.19. The van der Waals surface area contributed by atoms with Gasteiger partial charge >= 0.3 is 11.9 Å². The van der Waals surface area contributed by atoms with Crippen LogP contribution in [0.25, 0.3) is 0 Å². The molecule has 0 radical (unpaired) electrons. The summed E-state index contributed by atoms with van der Waals surface area (Å²) in [5.74, 6) is -1.31. The number of carboxylic acid groups (broad SMARTS) is 1. The van der Waals surface area contributed by atoms with E-state index in [-0.39, 0.29) is 12.7 Å². The molecule has 1 saturated heterocycles. The number of rotatable bonds is 5. The lowest BCUT2D eigenvalue weighted by molar-refractivity contribution is -0.150. The van der Waals surface area contributed by atoms with Crippen molar-refractivity contribution in [2.45, 2.75) is 25.5 Å². The van der Waals surface area contributed by atoms with Gasteiger partial charge in [-0.25, -0.2) is 4.79 Å². The molecule has 0 saturated carbocycles. The first-order valence-corrected chi connectivity index (χ1v) is 4.87. The van der Waals surface area contributed by atoms with Crippen LogP contribution in [-0.2, 0) is 19.1 Å². The molecule has 1 fully saturated rings. The molecule has 0 aromatic carbocycles. The SMILES string of the molecule is CCOC(=O)COC1CNC(C(=O)O)C1. The highest BCUT2D eigenvalue weighted by atomic mass is 16.6. The van der Waals surface area contributed by atoms with Gasteiger partial charge in [0.05, 0.1) is 12.7 Å². The maximum absolute atomic E-state index is 10.9. The zero-order chi connectivity index (χ0) is 11.3. The molecule has 1 rings (SSSR count). The van der Waals surface area contributed by atoms with Crippen LogP contribution in [0.3, 0.4) is 0 Å². The number of ether oxygens (including phenoxy) is 2. The van der Waals surface area contributed by atoms with Crippen molar-refractivity contribution in [3.05, 3.63) is 0 Å². The molecule has 0 amide bonds. The predicted molar refractivity (Wildman–Crippen MR) is 50.4 cm³/mol. The van der Waals surface area contributed by atoms with Gasteiger partial charge in [-0.2, -0.15) is 0 Å². The van der Waals surface area contributed by atoms with E-state index < -0.39 is 18.0 Å². The number of nitrogens with one attached hydrogen (secondary N) is 1. The summed E-state index contributed by atoms with van der Waals surface area (Å²) in [5.41, 5.74) is 0. The van der Waals surface area contributed by atoms with Crippen molar-refractivity contribution in [3.63, 3.8) is 0 Å². The summed E-state index contributed by atoms with van der Waals surface area (Å²) in [7, 11) is 0. The van der Waals surface area contributed by atoms with Crippen LogP contribution in [0.15, 0.2) is 0 Å². The van der Waals surface area contributed by atoms with Crippen molar-refractivity contribution in [1.29, 1.82) is 0 Å². The summed E-state index contributed by atoms with van der Waals surface area (Å²) in [6.45, 7) is 2.38. The van der Waals surface area contributed by atoms with Crippen molar-refractivity contribution in [1.82, 2.24) is 5.32 Å². The van der Waals surface area contributed by atoms with E-state index in [9.17, 15) is 9.59 Å². The van der Waals surface area contributed by atoms with Crippen molar-refractivity contribution in [2.75, 3.05) is 19.8 Å². The number of aliphatic carboxylic acids is 1. The van der Waals surface area contributed by atoms with Crippen molar-refractivity contribution in [2.24, 2.45) is 0 Å². The summed E-state index contributed by atoms with van der Waals surface area (Å²) in [5, 5.41) is 11.5. The molecular weight excluding hydrogens is 202 g/mol. The fraction of sp³-hybridized carbons (Fsp3) is 0.778. The molecule has 2 atom stereocenters. The van der Waals surface area contributed by atoms with E-state index in [0.717, 1.165) is 0 Å². The van der Waals surface area contributed by atoms with Gasteiger partial charge in [-0.05, 0) is 6.92 Å². The molecule has 0 aliphatic carbocycles. The van der Waals surface area contributed by atoms with E-state index in [1.165, 1.54) is 0 Å². The third-order valence-corrected chi connectivity index (χ3v) is 2.13. The number of esters is 1. The Labute approximate surface area is 87.5 Å². The fourth-order valence-electron chi connectivity index (χ4n) is 1.41. The Morgan fingerprint density at radius 3 is 2.80 bits per heavy atom. The lowest BCUT2D eigenvalue weighted by Gasteiger charge is -2.09. The summed E-state index contributed by atoms with van der Waals surface area (Å²) in [4.78, 5) is 21.5. The van der Waals surface area contributed by atoms with Gasteiger partial charge in [0.15, 0.2) is 0 Å². The van der Waals surface area contributed by atoms with E-state index in [1.54, 1.807) is 6.92 Å². The fourth-order valence-corrected chi connectivity index (χ4v) is 1.41. The van der Waals surface area contributed by atoms with Gasteiger partial charge in [-0.3, -0.25) is 4.79 Å². The van der Waals surface area contributed by atoms with Crippen LogP contribution in [0.5, 0.6) is 0 Å². The van der Waals surface area contributed by atoms with E-state index in [4.69, 9.17) is 9.84 Å². The zero-order valence-electron chi connectivity index (χ0n) is 8.56. The highest BCUT2D eigenvalue weighted by Gasteiger charge is 2.29. The van der Waals surface area contributed by atoms with Gasteiger partial charge in [0.25, 0.3) is 0 Å². The highest BCUT2D eigenvalue weighted by molar-refractivity contribution is 5.74. The van der Waals surface area contributed by atoms with Crippen LogP contribution in [-0.4, -0.2) is 48.9 Å². The van der Waals surface area contributed by atoms with Gasteiger partial charge in [-0.15, -0.1) is 0 Å². The summed E-state index contributed by atoms with van der Waals surface area (Å²) in [6, 6.07) is -0.572. The quantitative estimate of drug-likeness (QED) is 0.597. The summed E-state index contributed by atoms with van der Waals surface area (Å²) < 4.78 is 9.87. The molecule has 2 N–H and O–H groups in total. The normalized spacial score (nSPS) is 25.1. The third-order valence-electron chi connectivity index (χ3n) is 2.13. The minimum Gasteiger partial charge on any atom is -0.480 e. The molecule has 15 heavy (non-hydrogen) atoms. The van der Waals surface area contributed by atoms with Crippen molar-refractivity contribution in [3.8, 4) is 0 Å². The first-order valence-electron chi connectivity index (χ1n) is 4.87. The number of hydrogen-bond donors (Lipinski definition) is 2. The van der Waals surface area contributed by atoms with E-state index >= 15 is 0 Å². The second kappa shape index (κ2) is 5.67. The van der Waals surface area contributed by atoms with E-state index in [0.29, 0.717) is 19.6 Å². The topological polar surface area (TPSA) is 84.9 Å². The molecule has 0 aromatic rings. The van der Waals surface area contributed by atoms with E-state index in [1.807, 2.05) is 0 Å². The molecule has 6 nitrogen and oxygen atoms in total. The number of carboxylic acids is 1. The third kappa shape index (κ3) is 3.85. The van der Waals surface area contributed by atoms with Crippen LogP contribution in [0.4, 0.5) is 0 Å². The van der Waals surface area contributed by atoms with Crippen LogP contribution < -0.4 is 5.32 Å². The molecule has 1 aliphatic rings. The molecule has 0 aromatic heterocycles. The molecule has 86 valence electrons. The second-order valence-electron chi connectivity index (χ2n) is 3.27. The predicted octanol–water partition coefficient (Wildman–Crippen LogP) is -0.619. The first kappa shape index (κ1) is 11.9. The lowest BCUT2D eigenvalue weighted by Crippen LogP contribution is -2.30. The molecule has 0 spiro atoms. The maximum atomic E-state index is 10.9. The molecule has 6 heteroatoms. The average molecular weight is 217 g/mol. The van der Waals surface area contributed by atoms with Gasteiger partial charge in [-0.1, -0.05) is 0 Å². The van der Waals surface area contributed by atoms with Crippen LogP contribution in [0, 0.1) is 0 Å². The van der Waals surface area contributed by atoms with Gasteiger partial charge in [0.1, 0.15) is 12.6 Å². The summed E-state index contributed by atoms with van der Waals surface area (Å²) >= 11 is 0. The molecule has 1 aliphatic heterocycles. The molecule has 0 bridgehead atoms. The van der Waals surface area contributed by atoms with E-state index in [2.05, 4.69) is 10.1 Å². The largest absolute Gasteiger partial charge is 0.480 e. The Kier molecular flexibility index (Phi) is 4.51. The highest BCUT2D eigenvalue weighted by Crippen LogP contribution is 2.10. The van der Waals surface area contributed by atoms with Crippen LogP contribution >= 0.6 is 0 Å². The Bertz CT molecular complexity index is 243. The lowest BCUT2D eigenvalue weighted by atomic mass is 10.2. The standard InChI is InChI=1S/C9H15NO5/c1-2-14-8(11)5-15-6-3-7(9(12)13)10-4-6/h6-7,10H,2-5H2,1H3,(H,12,13). The Morgan fingerprint density at radius 1 is 1.53 bits per heavy atom. The monoisotopic (exact) mass is 217 g/mol. The van der Waals surface area contributed by atoms with Gasteiger partial charge in [0, 0.05) is 13.0 Å². The zero-order valence-corrected chi connectivity index (χ0v) is 8.56. The molecule has 2 unspecified atom stereocenters. The Hall–Kier alpha value is -1.14. The van der Waals surface area contributed by atoms with Crippen molar-refractivity contribution >= 4 is 11.9 Å². The maximum Gasteiger partial charge on any atom is 0.332 e. The Morgan fingerprint density at radius 2 is 2.27 bits per heavy atom.